The Kier molecular flexibility index (Phi) is 3.13. The van der Waals surface area contributed by atoms with Gasteiger partial charge in [0, 0.05) is 18.1 Å². The standard InChI is InChI=1S/C12H24N2/c1-12(2)7-5-9-14(12)11-6-3-4-8-13-10-11/h11,13H,3-10H2,1-2H3. The lowest BCUT2D eigenvalue weighted by molar-refractivity contribution is 0.111. The van der Waals surface area contributed by atoms with E-state index in [9.17, 15) is 0 Å². The summed E-state index contributed by atoms with van der Waals surface area (Å²) in [6, 6.07) is 0.801. The molecule has 2 saturated heterocycles. The fraction of sp³-hybridized carbons (Fsp3) is 1.00. The molecule has 0 saturated carbocycles. The molecule has 0 amide bonds. The maximum atomic E-state index is 3.57. The minimum atomic E-state index is 0.455. The normalized spacial score (nSPS) is 34.3. The van der Waals surface area contributed by atoms with Crippen molar-refractivity contribution in [1.29, 1.82) is 0 Å². The van der Waals surface area contributed by atoms with Gasteiger partial charge in [-0.25, -0.2) is 0 Å². The van der Waals surface area contributed by atoms with E-state index in [1.54, 1.807) is 0 Å². The molecule has 2 nitrogen and oxygen atoms in total. The number of nitrogens with one attached hydrogen (secondary N) is 1. The second kappa shape index (κ2) is 4.19. The van der Waals surface area contributed by atoms with E-state index in [0.29, 0.717) is 5.54 Å². The highest BCUT2D eigenvalue weighted by atomic mass is 15.2. The smallest absolute Gasteiger partial charge is 0.0225 e. The van der Waals surface area contributed by atoms with Gasteiger partial charge in [-0.15, -0.1) is 0 Å². The lowest BCUT2D eigenvalue weighted by atomic mass is 9.99. The van der Waals surface area contributed by atoms with Crippen LogP contribution in [0, 0.1) is 0 Å². The number of hydrogen-bond acceptors (Lipinski definition) is 2. The topological polar surface area (TPSA) is 15.3 Å². The number of rotatable bonds is 1. The van der Waals surface area contributed by atoms with Gasteiger partial charge in [0.05, 0.1) is 0 Å². The average molecular weight is 196 g/mol. The van der Waals surface area contributed by atoms with E-state index in [1.165, 1.54) is 51.7 Å². The molecule has 0 aromatic heterocycles. The molecule has 0 aliphatic carbocycles. The Labute approximate surface area is 88.1 Å². The summed E-state index contributed by atoms with van der Waals surface area (Å²) in [5, 5.41) is 3.57. The molecule has 0 aromatic rings. The van der Waals surface area contributed by atoms with Crippen molar-refractivity contribution >= 4 is 0 Å². The van der Waals surface area contributed by atoms with Crippen LogP contribution in [0.2, 0.25) is 0 Å². The van der Waals surface area contributed by atoms with Crippen LogP contribution < -0.4 is 5.32 Å². The average Bonchev–Trinajstić information content (AvgIpc) is 2.41. The van der Waals surface area contributed by atoms with Crippen LogP contribution in [0.4, 0.5) is 0 Å². The van der Waals surface area contributed by atoms with E-state index in [4.69, 9.17) is 0 Å². The van der Waals surface area contributed by atoms with Crippen molar-refractivity contribution in [3.05, 3.63) is 0 Å². The third kappa shape index (κ3) is 2.12. The zero-order chi connectivity index (χ0) is 10.0. The Morgan fingerprint density at radius 2 is 2.07 bits per heavy atom. The molecule has 0 spiro atoms. The monoisotopic (exact) mass is 196 g/mol. The molecule has 14 heavy (non-hydrogen) atoms. The molecule has 2 heterocycles. The van der Waals surface area contributed by atoms with Crippen molar-refractivity contribution in [3.8, 4) is 0 Å². The molecule has 0 bridgehead atoms. The molecule has 0 aromatic carbocycles. The molecular formula is C12H24N2. The summed E-state index contributed by atoms with van der Waals surface area (Å²) in [4.78, 5) is 2.74. The van der Waals surface area contributed by atoms with Gasteiger partial charge < -0.3 is 5.32 Å². The Bertz CT molecular complexity index is 181. The van der Waals surface area contributed by atoms with Crippen LogP contribution in [0.1, 0.15) is 46.0 Å². The zero-order valence-corrected chi connectivity index (χ0v) is 9.68. The highest BCUT2D eigenvalue weighted by molar-refractivity contribution is 4.93. The highest BCUT2D eigenvalue weighted by Crippen LogP contribution is 2.31. The van der Waals surface area contributed by atoms with E-state index in [-0.39, 0.29) is 0 Å². The Hall–Kier alpha value is -0.0800. The van der Waals surface area contributed by atoms with Crippen LogP contribution in [-0.2, 0) is 0 Å². The summed E-state index contributed by atoms with van der Waals surface area (Å²) in [5.74, 6) is 0. The SMILES string of the molecule is CC1(C)CCCN1C1CCCCNC1. The number of nitrogens with zero attached hydrogens (tertiary/aromatic N) is 1. The number of hydrogen-bond donors (Lipinski definition) is 1. The third-order valence-corrected chi connectivity index (χ3v) is 3.93. The molecule has 1 atom stereocenters. The predicted molar refractivity (Wildman–Crippen MR) is 60.5 cm³/mol. The van der Waals surface area contributed by atoms with Gasteiger partial charge >= 0.3 is 0 Å². The molecule has 1 unspecified atom stereocenters. The van der Waals surface area contributed by atoms with Crippen LogP contribution in [0.15, 0.2) is 0 Å². The molecule has 2 rings (SSSR count). The quantitative estimate of drug-likeness (QED) is 0.690. The van der Waals surface area contributed by atoms with Gasteiger partial charge in [-0.1, -0.05) is 6.42 Å². The molecule has 2 heteroatoms. The first-order valence-electron chi connectivity index (χ1n) is 6.18. The van der Waals surface area contributed by atoms with Crippen LogP contribution in [0.5, 0.6) is 0 Å². The second-order valence-electron chi connectivity index (χ2n) is 5.46. The second-order valence-corrected chi connectivity index (χ2v) is 5.46. The lowest BCUT2D eigenvalue weighted by Gasteiger charge is -2.38. The maximum Gasteiger partial charge on any atom is 0.0225 e. The van der Waals surface area contributed by atoms with Gasteiger partial charge in [0.1, 0.15) is 0 Å². The van der Waals surface area contributed by atoms with Crippen LogP contribution in [0.25, 0.3) is 0 Å². The first-order valence-corrected chi connectivity index (χ1v) is 6.18. The van der Waals surface area contributed by atoms with Gasteiger partial charge in [-0.05, 0) is 52.6 Å². The van der Waals surface area contributed by atoms with Crippen molar-refractivity contribution in [2.75, 3.05) is 19.6 Å². The zero-order valence-electron chi connectivity index (χ0n) is 9.68. The van der Waals surface area contributed by atoms with Crippen molar-refractivity contribution in [1.82, 2.24) is 10.2 Å². The maximum absolute atomic E-state index is 3.57. The van der Waals surface area contributed by atoms with Crippen LogP contribution >= 0.6 is 0 Å². The van der Waals surface area contributed by atoms with Crippen molar-refractivity contribution in [2.45, 2.75) is 57.5 Å². The first kappa shape index (κ1) is 10.4. The van der Waals surface area contributed by atoms with Crippen LogP contribution in [0.3, 0.4) is 0 Å². The molecule has 2 aliphatic rings. The summed E-state index contributed by atoms with van der Waals surface area (Å²) in [6.45, 7) is 8.57. The van der Waals surface area contributed by atoms with Gasteiger partial charge in [-0.2, -0.15) is 0 Å². The lowest BCUT2D eigenvalue weighted by Crippen LogP contribution is -2.48. The van der Waals surface area contributed by atoms with Crippen molar-refractivity contribution in [3.63, 3.8) is 0 Å². The molecular weight excluding hydrogens is 172 g/mol. The molecule has 1 N–H and O–H groups in total. The van der Waals surface area contributed by atoms with Gasteiger partial charge in [-0.3, -0.25) is 4.90 Å². The third-order valence-electron chi connectivity index (χ3n) is 3.93. The largest absolute Gasteiger partial charge is 0.315 e. The minimum Gasteiger partial charge on any atom is -0.315 e. The fourth-order valence-electron chi connectivity index (χ4n) is 3.07. The molecule has 2 aliphatic heterocycles. The van der Waals surface area contributed by atoms with Crippen LogP contribution in [-0.4, -0.2) is 36.1 Å². The van der Waals surface area contributed by atoms with E-state index >= 15 is 0 Å². The van der Waals surface area contributed by atoms with Crippen molar-refractivity contribution in [2.24, 2.45) is 0 Å². The van der Waals surface area contributed by atoms with Gasteiger partial charge in [0.2, 0.25) is 0 Å². The molecule has 82 valence electrons. The predicted octanol–water partition coefficient (Wildman–Crippen LogP) is 2.00. The van der Waals surface area contributed by atoms with E-state index in [1.807, 2.05) is 0 Å². The van der Waals surface area contributed by atoms with Gasteiger partial charge in [0.25, 0.3) is 0 Å². The Balaban J connectivity index is 1.98. The summed E-state index contributed by atoms with van der Waals surface area (Å²) in [7, 11) is 0. The summed E-state index contributed by atoms with van der Waals surface area (Å²) in [6.07, 6.45) is 6.94. The highest BCUT2D eigenvalue weighted by Gasteiger charge is 2.36. The Morgan fingerprint density at radius 1 is 1.21 bits per heavy atom. The molecule has 0 radical (unpaired) electrons. The summed E-state index contributed by atoms with van der Waals surface area (Å²) < 4.78 is 0. The minimum absolute atomic E-state index is 0.455. The summed E-state index contributed by atoms with van der Waals surface area (Å²) >= 11 is 0. The summed E-state index contributed by atoms with van der Waals surface area (Å²) in [5.41, 5.74) is 0.455. The van der Waals surface area contributed by atoms with Crippen molar-refractivity contribution < 1.29 is 0 Å². The van der Waals surface area contributed by atoms with E-state index in [2.05, 4.69) is 24.1 Å². The Morgan fingerprint density at radius 3 is 2.79 bits per heavy atom. The fourth-order valence-corrected chi connectivity index (χ4v) is 3.07. The molecule has 2 fully saturated rings. The van der Waals surface area contributed by atoms with Gasteiger partial charge in [0.15, 0.2) is 0 Å². The first-order chi connectivity index (χ1) is 6.70. The number of likely N-dealkylation sites (tertiary alicyclic amines) is 1. The van der Waals surface area contributed by atoms with E-state index in [0.717, 1.165) is 6.04 Å². The van der Waals surface area contributed by atoms with E-state index < -0.39 is 0 Å².